The molecular formula is C32H56O2. The minimum atomic E-state index is -0.0214. The van der Waals surface area contributed by atoms with E-state index in [2.05, 4.69) is 41.5 Å². The second-order valence-corrected chi connectivity index (χ2v) is 14.4. The average molecular weight is 473 g/mol. The Morgan fingerprint density at radius 3 is 2.38 bits per heavy atom. The lowest BCUT2D eigenvalue weighted by molar-refractivity contribution is -0.145. The maximum Gasteiger partial charge on any atom is 0.306 e. The lowest BCUT2D eigenvalue weighted by Crippen LogP contribution is -2.53. The third-order valence-corrected chi connectivity index (χ3v) is 11.8. The van der Waals surface area contributed by atoms with Crippen LogP contribution < -0.4 is 0 Å². The Bertz CT molecular complexity index is 684. The predicted molar refractivity (Wildman–Crippen MR) is 142 cm³/mol. The molecule has 0 amide bonds. The standard InChI is InChI=1S/C32H56O2/c1-22(2)20-30(33)34-21-23(3)10-9-11-24(4)27-15-16-28-26-14-13-25-12-7-8-18-31(25,5)29(26)17-19-32(27,28)6/h22-29H,7-21H2,1-6H3/t23?,24-,25?,26+,27-,28+,29+,31+,32-/m1/s1. The van der Waals surface area contributed by atoms with Crippen molar-refractivity contribution in [1.29, 1.82) is 0 Å². The molecule has 0 spiro atoms. The van der Waals surface area contributed by atoms with Crippen molar-refractivity contribution >= 4 is 5.97 Å². The highest BCUT2D eigenvalue weighted by molar-refractivity contribution is 5.69. The molecule has 2 nitrogen and oxygen atoms in total. The predicted octanol–water partition coefficient (Wildman–Crippen LogP) is 9.07. The van der Waals surface area contributed by atoms with E-state index in [1.807, 2.05) is 0 Å². The Morgan fingerprint density at radius 2 is 1.62 bits per heavy atom. The normalized spacial score (nSPS) is 41.3. The van der Waals surface area contributed by atoms with Gasteiger partial charge in [-0.25, -0.2) is 0 Å². The van der Waals surface area contributed by atoms with Gasteiger partial charge in [0.2, 0.25) is 0 Å². The minimum Gasteiger partial charge on any atom is -0.465 e. The summed E-state index contributed by atoms with van der Waals surface area (Å²) in [6.45, 7) is 15.0. The van der Waals surface area contributed by atoms with Crippen LogP contribution in [0, 0.1) is 58.2 Å². The molecule has 196 valence electrons. The molecule has 0 aromatic carbocycles. The van der Waals surface area contributed by atoms with Crippen molar-refractivity contribution in [3.63, 3.8) is 0 Å². The Morgan fingerprint density at radius 1 is 0.853 bits per heavy atom. The fourth-order valence-electron chi connectivity index (χ4n) is 9.97. The smallest absolute Gasteiger partial charge is 0.306 e. The van der Waals surface area contributed by atoms with E-state index in [9.17, 15) is 4.79 Å². The van der Waals surface area contributed by atoms with Crippen molar-refractivity contribution < 1.29 is 9.53 Å². The molecular weight excluding hydrogens is 416 g/mol. The van der Waals surface area contributed by atoms with E-state index in [1.54, 1.807) is 6.42 Å². The van der Waals surface area contributed by atoms with Crippen LogP contribution in [-0.4, -0.2) is 12.6 Å². The Kier molecular flexibility index (Phi) is 8.46. The zero-order valence-corrected chi connectivity index (χ0v) is 23.5. The zero-order valence-electron chi connectivity index (χ0n) is 23.5. The van der Waals surface area contributed by atoms with Gasteiger partial charge >= 0.3 is 5.97 Å². The van der Waals surface area contributed by atoms with Crippen molar-refractivity contribution in [2.75, 3.05) is 6.61 Å². The van der Waals surface area contributed by atoms with Crippen LogP contribution in [0.4, 0.5) is 0 Å². The molecule has 4 fully saturated rings. The number of esters is 1. The number of fused-ring (bicyclic) bond motifs is 5. The van der Waals surface area contributed by atoms with E-state index in [0.29, 0.717) is 35.7 Å². The van der Waals surface area contributed by atoms with Crippen molar-refractivity contribution in [2.24, 2.45) is 58.2 Å². The molecule has 2 heteroatoms. The van der Waals surface area contributed by atoms with Crippen LogP contribution in [-0.2, 0) is 9.53 Å². The third kappa shape index (κ3) is 5.27. The maximum atomic E-state index is 11.9. The molecule has 0 N–H and O–H groups in total. The van der Waals surface area contributed by atoms with Gasteiger partial charge in [-0.15, -0.1) is 0 Å². The maximum absolute atomic E-state index is 11.9. The monoisotopic (exact) mass is 472 g/mol. The summed E-state index contributed by atoms with van der Waals surface area (Å²) in [6, 6.07) is 0. The summed E-state index contributed by atoms with van der Waals surface area (Å²) in [5.41, 5.74) is 1.26. The summed E-state index contributed by atoms with van der Waals surface area (Å²) in [6.07, 6.45) is 19.5. The van der Waals surface area contributed by atoms with Gasteiger partial charge in [0.15, 0.2) is 0 Å². The third-order valence-electron chi connectivity index (χ3n) is 11.8. The lowest BCUT2D eigenvalue weighted by atomic mass is 9.44. The summed E-state index contributed by atoms with van der Waals surface area (Å²) in [5.74, 6) is 6.69. The summed E-state index contributed by atoms with van der Waals surface area (Å²) >= 11 is 0. The number of carbonyl (C=O) groups excluding carboxylic acids is 1. The van der Waals surface area contributed by atoms with Crippen LogP contribution in [0.1, 0.15) is 131 Å². The number of carbonyl (C=O) groups is 1. The highest BCUT2D eigenvalue weighted by Gasteiger charge is 2.60. The van der Waals surface area contributed by atoms with E-state index in [-0.39, 0.29) is 5.97 Å². The molecule has 0 bridgehead atoms. The van der Waals surface area contributed by atoms with Gasteiger partial charge in [-0.05, 0) is 116 Å². The van der Waals surface area contributed by atoms with Gasteiger partial charge in [-0.1, -0.05) is 67.2 Å². The molecule has 9 atom stereocenters. The van der Waals surface area contributed by atoms with E-state index in [1.165, 1.54) is 77.0 Å². The Labute approximate surface area is 211 Å². The topological polar surface area (TPSA) is 26.3 Å². The van der Waals surface area contributed by atoms with Crippen molar-refractivity contribution in [3.05, 3.63) is 0 Å². The molecule has 0 radical (unpaired) electrons. The average Bonchev–Trinajstić information content (AvgIpc) is 3.14. The lowest BCUT2D eigenvalue weighted by Gasteiger charge is -2.61. The molecule has 4 aliphatic carbocycles. The van der Waals surface area contributed by atoms with Gasteiger partial charge < -0.3 is 4.74 Å². The van der Waals surface area contributed by atoms with Crippen LogP contribution in [0.5, 0.6) is 0 Å². The molecule has 34 heavy (non-hydrogen) atoms. The second kappa shape index (κ2) is 10.8. The second-order valence-electron chi connectivity index (χ2n) is 14.4. The Hall–Kier alpha value is -0.530. The number of ether oxygens (including phenoxy) is 1. The van der Waals surface area contributed by atoms with Gasteiger partial charge in [0.05, 0.1) is 6.61 Å². The van der Waals surface area contributed by atoms with Gasteiger partial charge in [0.1, 0.15) is 0 Å². The SMILES string of the molecule is CC(C)CC(=O)OCC(C)CCC[C@@H](C)[C@H]1CC[C@H]2[C@@H]3CCC4CCCC[C@]4(C)[C@H]3CC[C@]12C. The van der Waals surface area contributed by atoms with Gasteiger partial charge in [0, 0.05) is 6.42 Å². The largest absolute Gasteiger partial charge is 0.465 e. The highest BCUT2D eigenvalue weighted by Crippen LogP contribution is 2.68. The van der Waals surface area contributed by atoms with Crippen LogP contribution >= 0.6 is 0 Å². The van der Waals surface area contributed by atoms with Crippen molar-refractivity contribution in [3.8, 4) is 0 Å². The first-order chi connectivity index (χ1) is 16.1. The summed E-state index contributed by atoms with van der Waals surface area (Å²) < 4.78 is 5.52. The highest BCUT2D eigenvalue weighted by atomic mass is 16.5. The van der Waals surface area contributed by atoms with Crippen LogP contribution in [0.15, 0.2) is 0 Å². The van der Waals surface area contributed by atoms with Crippen LogP contribution in [0.2, 0.25) is 0 Å². The first-order valence-electron chi connectivity index (χ1n) is 15.3. The van der Waals surface area contributed by atoms with Crippen molar-refractivity contribution in [1.82, 2.24) is 0 Å². The van der Waals surface area contributed by atoms with Gasteiger partial charge in [0.25, 0.3) is 0 Å². The van der Waals surface area contributed by atoms with Gasteiger partial charge in [-0.2, -0.15) is 0 Å². The van der Waals surface area contributed by atoms with E-state index in [0.717, 1.165) is 35.5 Å². The van der Waals surface area contributed by atoms with Crippen molar-refractivity contribution in [2.45, 2.75) is 131 Å². The summed E-state index contributed by atoms with van der Waals surface area (Å²) in [7, 11) is 0. The molecule has 0 aliphatic heterocycles. The molecule has 0 saturated heterocycles. The minimum absolute atomic E-state index is 0.0214. The van der Waals surface area contributed by atoms with Gasteiger partial charge in [-0.3, -0.25) is 4.79 Å². The first kappa shape index (κ1) is 26.5. The fourth-order valence-corrected chi connectivity index (χ4v) is 9.97. The summed E-state index contributed by atoms with van der Waals surface area (Å²) in [4.78, 5) is 11.9. The molecule has 2 unspecified atom stereocenters. The molecule has 0 aromatic heterocycles. The van der Waals surface area contributed by atoms with E-state index < -0.39 is 0 Å². The van der Waals surface area contributed by atoms with E-state index in [4.69, 9.17) is 4.74 Å². The number of hydrogen-bond donors (Lipinski definition) is 0. The summed E-state index contributed by atoms with van der Waals surface area (Å²) in [5, 5.41) is 0. The number of hydrogen-bond acceptors (Lipinski definition) is 2. The molecule has 4 saturated carbocycles. The molecule has 0 heterocycles. The fraction of sp³-hybridized carbons (Fsp3) is 0.969. The van der Waals surface area contributed by atoms with Crippen LogP contribution in [0.25, 0.3) is 0 Å². The van der Waals surface area contributed by atoms with Crippen LogP contribution in [0.3, 0.4) is 0 Å². The number of rotatable bonds is 9. The quantitative estimate of drug-likeness (QED) is 0.313. The zero-order chi connectivity index (χ0) is 24.5. The Balaban J connectivity index is 1.27. The molecule has 4 aliphatic rings. The molecule has 0 aromatic rings. The van der Waals surface area contributed by atoms with E-state index >= 15 is 0 Å². The molecule has 4 rings (SSSR count). The first-order valence-corrected chi connectivity index (χ1v) is 15.3.